The van der Waals surface area contributed by atoms with Crippen molar-refractivity contribution in [3.05, 3.63) is 129 Å². The number of carbonyl (C=O) groups is 4. The van der Waals surface area contributed by atoms with Crippen molar-refractivity contribution in [1.29, 1.82) is 0 Å². The number of para-hydroxylation sites is 1. The van der Waals surface area contributed by atoms with Crippen LogP contribution in [0.5, 0.6) is 0 Å². The third-order valence-electron chi connectivity index (χ3n) is 8.28. The van der Waals surface area contributed by atoms with Gasteiger partial charge in [-0.1, -0.05) is 76.6 Å². The molecule has 4 aromatic rings. The van der Waals surface area contributed by atoms with Gasteiger partial charge >= 0.3 is 5.97 Å². The summed E-state index contributed by atoms with van der Waals surface area (Å²) in [5.74, 6) is -3.60. The summed E-state index contributed by atoms with van der Waals surface area (Å²) in [6.45, 7) is -0.523. The number of rotatable bonds is 5. The summed E-state index contributed by atoms with van der Waals surface area (Å²) in [7, 11) is 0. The average Bonchev–Trinajstić information content (AvgIpc) is 3.27. The molecule has 0 unspecified atom stereocenters. The molecule has 2 atom stereocenters. The smallest absolute Gasteiger partial charge is 0.340 e. The minimum absolute atomic E-state index is 0.0478. The zero-order chi connectivity index (χ0) is 28.2. The predicted octanol–water partition coefficient (Wildman–Crippen LogP) is 5.64. The Morgan fingerprint density at radius 2 is 1.20 bits per heavy atom. The maximum absolute atomic E-state index is 14.1. The van der Waals surface area contributed by atoms with Crippen LogP contribution >= 0.6 is 15.9 Å². The summed E-state index contributed by atoms with van der Waals surface area (Å²) in [6, 6.07) is 29.4. The summed E-state index contributed by atoms with van der Waals surface area (Å²) in [5.41, 5.74) is 5.07. The van der Waals surface area contributed by atoms with E-state index in [-0.39, 0.29) is 34.9 Å². The normalized spacial score (nSPS) is 21.6. The minimum atomic E-state index is -0.795. The number of benzene rings is 4. The van der Waals surface area contributed by atoms with Crippen molar-refractivity contribution in [2.75, 3.05) is 16.8 Å². The Balaban J connectivity index is 1.18. The van der Waals surface area contributed by atoms with Crippen LogP contribution in [0.1, 0.15) is 44.4 Å². The molecule has 1 heterocycles. The third-order valence-corrected chi connectivity index (χ3v) is 8.80. The highest BCUT2D eigenvalue weighted by Crippen LogP contribution is 2.61. The van der Waals surface area contributed by atoms with E-state index in [1.807, 2.05) is 48.5 Å². The van der Waals surface area contributed by atoms with Crippen LogP contribution in [-0.2, 0) is 19.1 Å². The highest BCUT2D eigenvalue weighted by atomic mass is 79.9. The second kappa shape index (κ2) is 9.82. The fourth-order valence-corrected chi connectivity index (χ4v) is 6.96. The van der Waals surface area contributed by atoms with Crippen LogP contribution in [0.3, 0.4) is 0 Å². The molecule has 8 rings (SSSR count). The molecule has 8 heteroatoms. The van der Waals surface area contributed by atoms with E-state index in [9.17, 15) is 19.2 Å². The zero-order valence-electron chi connectivity index (χ0n) is 21.6. The van der Waals surface area contributed by atoms with E-state index in [2.05, 4.69) is 21.2 Å². The fourth-order valence-electron chi connectivity index (χ4n) is 6.70. The van der Waals surface area contributed by atoms with Gasteiger partial charge in [-0.2, -0.15) is 0 Å². The summed E-state index contributed by atoms with van der Waals surface area (Å²) >= 11 is 3.34. The monoisotopic (exact) mass is 606 g/mol. The molecular weight excluding hydrogens is 584 g/mol. The van der Waals surface area contributed by atoms with Gasteiger partial charge in [0.15, 0.2) is 6.61 Å². The Labute approximate surface area is 244 Å². The van der Waals surface area contributed by atoms with Crippen LogP contribution in [0.15, 0.2) is 102 Å². The lowest BCUT2D eigenvalue weighted by Crippen LogP contribution is -2.41. The lowest BCUT2D eigenvalue weighted by atomic mass is 9.55. The number of nitrogens with zero attached hydrogens (tertiary/aromatic N) is 1. The van der Waals surface area contributed by atoms with Gasteiger partial charge in [-0.25, -0.2) is 9.69 Å². The Hall–Kier alpha value is -4.56. The van der Waals surface area contributed by atoms with Gasteiger partial charge in [0, 0.05) is 22.0 Å². The molecule has 0 radical (unpaired) electrons. The molecule has 202 valence electrons. The summed E-state index contributed by atoms with van der Waals surface area (Å²) < 4.78 is 6.19. The first-order valence-corrected chi connectivity index (χ1v) is 14.1. The van der Waals surface area contributed by atoms with E-state index in [1.165, 1.54) is 6.07 Å². The van der Waals surface area contributed by atoms with Crippen LogP contribution in [0, 0.1) is 11.8 Å². The molecule has 0 aromatic heterocycles. The number of esters is 1. The lowest BCUT2D eigenvalue weighted by molar-refractivity contribution is -0.122. The van der Waals surface area contributed by atoms with E-state index in [4.69, 9.17) is 4.74 Å². The molecule has 41 heavy (non-hydrogen) atoms. The van der Waals surface area contributed by atoms with Crippen molar-refractivity contribution in [1.82, 2.24) is 0 Å². The number of halogens is 1. The average molecular weight is 607 g/mol. The maximum Gasteiger partial charge on any atom is 0.340 e. The van der Waals surface area contributed by atoms with E-state index in [0.717, 1.165) is 31.6 Å². The molecule has 1 aliphatic heterocycles. The standard InChI is InChI=1S/C33H23BrN2O5/c34-18-13-15-19(16-14-18)35-26(37)17-41-33(40)24-11-5-6-12-25(24)36-31(38)29-27-20-7-1-2-8-21(20)28(30(29)32(36)39)23-10-4-3-9-22(23)27/h1-16,27-30H,17H2,(H,35,37)/t27?,28?,29-,30-/m1/s1. The molecule has 1 saturated heterocycles. The van der Waals surface area contributed by atoms with Crippen LogP contribution in [0.4, 0.5) is 11.4 Å². The van der Waals surface area contributed by atoms with Crippen molar-refractivity contribution >= 4 is 51.0 Å². The third kappa shape index (κ3) is 4.01. The Morgan fingerprint density at radius 3 is 1.73 bits per heavy atom. The van der Waals surface area contributed by atoms with Gasteiger partial charge in [0.05, 0.1) is 23.1 Å². The molecule has 0 saturated carbocycles. The number of imide groups is 1. The van der Waals surface area contributed by atoms with E-state index in [0.29, 0.717) is 5.69 Å². The van der Waals surface area contributed by atoms with Crippen LogP contribution in [0.25, 0.3) is 0 Å². The molecule has 3 aliphatic carbocycles. The summed E-state index contributed by atoms with van der Waals surface area (Å²) in [5, 5.41) is 2.67. The molecule has 3 amide bonds. The topological polar surface area (TPSA) is 92.8 Å². The first-order chi connectivity index (χ1) is 19.9. The van der Waals surface area contributed by atoms with Crippen molar-refractivity contribution in [3.8, 4) is 0 Å². The fraction of sp³-hybridized carbons (Fsp3) is 0.152. The minimum Gasteiger partial charge on any atom is -0.452 e. The van der Waals surface area contributed by atoms with Gasteiger partial charge < -0.3 is 10.1 Å². The molecule has 7 nitrogen and oxygen atoms in total. The number of hydrogen-bond acceptors (Lipinski definition) is 5. The predicted molar refractivity (Wildman–Crippen MR) is 156 cm³/mol. The SMILES string of the molecule is O=C(COC(=O)c1ccccc1N1C(=O)[C@@H]2C3c4ccccc4C(c4ccccc43)[C@H]2C1=O)Nc1ccc(Br)cc1. The number of ether oxygens (including phenoxy) is 1. The first-order valence-electron chi connectivity index (χ1n) is 13.3. The van der Waals surface area contributed by atoms with Gasteiger partial charge in [-0.15, -0.1) is 0 Å². The number of hydrogen-bond donors (Lipinski definition) is 1. The summed E-state index contributed by atoms with van der Waals surface area (Å²) in [6.07, 6.45) is 0. The van der Waals surface area contributed by atoms with Crippen molar-refractivity contribution in [2.24, 2.45) is 11.8 Å². The van der Waals surface area contributed by atoms with Crippen molar-refractivity contribution in [2.45, 2.75) is 11.8 Å². The van der Waals surface area contributed by atoms with Gasteiger partial charge in [-0.3, -0.25) is 14.4 Å². The van der Waals surface area contributed by atoms with E-state index in [1.54, 1.807) is 42.5 Å². The second-order valence-electron chi connectivity index (χ2n) is 10.4. The van der Waals surface area contributed by atoms with Gasteiger partial charge in [0.1, 0.15) is 0 Å². The molecule has 1 N–H and O–H groups in total. The van der Waals surface area contributed by atoms with Crippen LogP contribution in [0.2, 0.25) is 0 Å². The molecule has 2 bridgehead atoms. The number of carbonyl (C=O) groups excluding carboxylic acids is 4. The Kier molecular flexibility index (Phi) is 6.08. The van der Waals surface area contributed by atoms with E-state index >= 15 is 0 Å². The largest absolute Gasteiger partial charge is 0.452 e. The number of anilines is 2. The highest BCUT2D eigenvalue weighted by molar-refractivity contribution is 9.10. The first kappa shape index (κ1) is 25.4. The maximum atomic E-state index is 14.1. The zero-order valence-corrected chi connectivity index (χ0v) is 23.2. The molecule has 0 spiro atoms. The number of amides is 3. The van der Waals surface area contributed by atoms with Gasteiger partial charge in [-0.05, 0) is 58.7 Å². The molecular formula is C33H23BrN2O5. The second-order valence-corrected chi connectivity index (χ2v) is 11.3. The molecule has 4 aromatic carbocycles. The number of nitrogens with one attached hydrogen (secondary N) is 1. The van der Waals surface area contributed by atoms with Gasteiger partial charge in [0.2, 0.25) is 11.8 Å². The van der Waals surface area contributed by atoms with Crippen molar-refractivity contribution in [3.63, 3.8) is 0 Å². The Morgan fingerprint density at radius 1 is 0.707 bits per heavy atom. The lowest BCUT2D eigenvalue weighted by Gasteiger charge is -2.45. The molecule has 4 aliphatic rings. The van der Waals surface area contributed by atoms with Crippen LogP contribution < -0.4 is 10.2 Å². The quantitative estimate of drug-likeness (QED) is 0.234. The highest BCUT2D eigenvalue weighted by Gasteiger charge is 2.62. The Bertz CT molecular complexity index is 1640. The van der Waals surface area contributed by atoms with Crippen molar-refractivity contribution < 1.29 is 23.9 Å². The molecule has 1 fully saturated rings. The van der Waals surface area contributed by atoms with E-state index < -0.39 is 30.3 Å². The summed E-state index contributed by atoms with van der Waals surface area (Å²) in [4.78, 5) is 55.0. The van der Waals surface area contributed by atoms with Gasteiger partial charge in [0.25, 0.3) is 5.91 Å². The van der Waals surface area contributed by atoms with Crippen LogP contribution in [-0.4, -0.2) is 30.3 Å².